The fourth-order valence-corrected chi connectivity index (χ4v) is 3.57. The highest BCUT2D eigenvalue weighted by atomic mass is 32.2. The number of phenols is 1. The summed E-state index contributed by atoms with van der Waals surface area (Å²) >= 11 is 1.28. The number of fused-ring (bicyclic) bond motifs is 1. The zero-order chi connectivity index (χ0) is 15.7. The lowest BCUT2D eigenvalue weighted by atomic mass is 10.1. The summed E-state index contributed by atoms with van der Waals surface area (Å²) in [5.41, 5.74) is 0.828. The van der Waals surface area contributed by atoms with E-state index in [-0.39, 0.29) is 22.7 Å². The van der Waals surface area contributed by atoms with Gasteiger partial charge in [-0.05, 0) is 18.1 Å². The van der Waals surface area contributed by atoms with Crippen molar-refractivity contribution in [1.82, 2.24) is 0 Å². The van der Waals surface area contributed by atoms with Crippen molar-refractivity contribution in [2.45, 2.75) is 13.3 Å². The summed E-state index contributed by atoms with van der Waals surface area (Å²) in [5, 5.41) is 11.7. The largest absolute Gasteiger partial charge is 0.507 e. The van der Waals surface area contributed by atoms with E-state index in [1.54, 1.807) is 24.0 Å². The van der Waals surface area contributed by atoms with Gasteiger partial charge in [0.15, 0.2) is 5.12 Å². The second-order valence-electron chi connectivity index (χ2n) is 5.53. The standard InChI is InChI=1S/C17H17NO3S/c1-11(19)22-10-12-8-17(21)18(9-12)15-6-2-5-14-13(15)4-3-7-16(14)20/h2-7,12,20H,8-10H2,1H3. The maximum absolute atomic E-state index is 12.3. The summed E-state index contributed by atoms with van der Waals surface area (Å²) < 4.78 is 0. The normalized spacial score (nSPS) is 18.1. The van der Waals surface area contributed by atoms with Gasteiger partial charge in [0, 0.05) is 36.4 Å². The van der Waals surface area contributed by atoms with Crippen molar-refractivity contribution in [3.8, 4) is 5.75 Å². The predicted octanol–water partition coefficient (Wildman–Crippen LogP) is 3.18. The van der Waals surface area contributed by atoms with Gasteiger partial charge in [-0.3, -0.25) is 9.59 Å². The minimum absolute atomic E-state index is 0.0741. The first-order valence-electron chi connectivity index (χ1n) is 7.20. The Labute approximate surface area is 133 Å². The van der Waals surface area contributed by atoms with E-state index in [1.165, 1.54) is 11.8 Å². The van der Waals surface area contributed by atoms with E-state index in [2.05, 4.69) is 0 Å². The van der Waals surface area contributed by atoms with Gasteiger partial charge in [0.2, 0.25) is 5.91 Å². The number of hydrogen-bond donors (Lipinski definition) is 1. The number of hydrogen-bond acceptors (Lipinski definition) is 4. The molecule has 2 aromatic rings. The first-order valence-corrected chi connectivity index (χ1v) is 8.19. The lowest BCUT2D eigenvalue weighted by Crippen LogP contribution is -2.25. The Morgan fingerprint density at radius 2 is 2.00 bits per heavy atom. The molecular weight excluding hydrogens is 298 g/mol. The molecule has 1 unspecified atom stereocenters. The van der Waals surface area contributed by atoms with Crippen molar-refractivity contribution in [2.24, 2.45) is 5.92 Å². The lowest BCUT2D eigenvalue weighted by molar-refractivity contribution is -0.117. The third-order valence-electron chi connectivity index (χ3n) is 3.89. The van der Waals surface area contributed by atoms with Crippen LogP contribution in [0.15, 0.2) is 36.4 Å². The quantitative estimate of drug-likeness (QED) is 0.945. The highest BCUT2D eigenvalue weighted by Crippen LogP contribution is 2.35. The van der Waals surface area contributed by atoms with Crippen LogP contribution in [0.4, 0.5) is 5.69 Å². The molecule has 5 heteroatoms. The highest BCUT2D eigenvalue weighted by Gasteiger charge is 2.31. The average molecular weight is 315 g/mol. The predicted molar refractivity (Wildman–Crippen MR) is 89.2 cm³/mol. The fourth-order valence-electron chi connectivity index (χ4n) is 2.87. The van der Waals surface area contributed by atoms with Crippen molar-refractivity contribution >= 4 is 39.2 Å². The molecule has 1 atom stereocenters. The molecule has 0 spiro atoms. The minimum atomic E-state index is 0.0741. The molecule has 0 radical (unpaired) electrons. The van der Waals surface area contributed by atoms with Gasteiger partial charge in [-0.15, -0.1) is 0 Å². The molecule has 0 aromatic heterocycles. The van der Waals surface area contributed by atoms with E-state index in [0.717, 1.165) is 16.5 Å². The van der Waals surface area contributed by atoms with E-state index in [0.29, 0.717) is 18.7 Å². The number of thioether (sulfide) groups is 1. The summed E-state index contributed by atoms with van der Waals surface area (Å²) in [7, 11) is 0. The number of carbonyl (C=O) groups is 2. The molecule has 1 saturated heterocycles. The minimum Gasteiger partial charge on any atom is -0.507 e. The van der Waals surface area contributed by atoms with E-state index in [1.807, 2.05) is 24.3 Å². The summed E-state index contributed by atoms with van der Waals surface area (Å²) in [6.45, 7) is 2.17. The lowest BCUT2D eigenvalue weighted by Gasteiger charge is -2.19. The molecule has 1 N–H and O–H groups in total. The van der Waals surface area contributed by atoms with Crippen LogP contribution in [0.2, 0.25) is 0 Å². The number of rotatable bonds is 3. The monoisotopic (exact) mass is 315 g/mol. The molecule has 1 aliphatic heterocycles. The van der Waals surface area contributed by atoms with Crippen molar-refractivity contribution in [3.63, 3.8) is 0 Å². The van der Waals surface area contributed by atoms with E-state index in [4.69, 9.17) is 0 Å². The molecule has 0 bridgehead atoms. The van der Waals surface area contributed by atoms with Crippen LogP contribution in [0.3, 0.4) is 0 Å². The summed E-state index contributed by atoms with van der Waals surface area (Å²) in [4.78, 5) is 25.2. The van der Waals surface area contributed by atoms with E-state index < -0.39 is 0 Å². The maximum atomic E-state index is 12.3. The third kappa shape index (κ3) is 2.81. The Hall–Kier alpha value is -2.01. The van der Waals surface area contributed by atoms with Gasteiger partial charge in [0.1, 0.15) is 5.75 Å². The summed E-state index contributed by atoms with van der Waals surface area (Å²) in [6, 6.07) is 10.9. The molecule has 1 amide bonds. The van der Waals surface area contributed by atoms with Crippen LogP contribution in [0.1, 0.15) is 13.3 Å². The molecular formula is C17H17NO3S. The third-order valence-corrected chi connectivity index (χ3v) is 4.94. The van der Waals surface area contributed by atoms with Crippen molar-refractivity contribution < 1.29 is 14.7 Å². The van der Waals surface area contributed by atoms with Gasteiger partial charge < -0.3 is 10.0 Å². The van der Waals surface area contributed by atoms with Crippen LogP contribution < -0.4 is 4.90 Å². The van der Waals surface area contributed by atoms with Crippen molar-refractivity contribution in [1.29, 1.82) is 0 Å². The zero-order valence-electron chi connectivity index (χ0n) is 12.3. The number of carbonyl (C=O) groups excluding carboxylic acids is 2. The molecule has 3 rings (SSSR count). The molecule has 1 aliphatic rings. The number of benzene rings is 2. The van der Waals surface area contributed by atoms with E-state index in [9.17, 15) is 14.7 Å². The number of aromatic hydroxyl groups is 1. The van der Waals surface area contributed by atoms with Crippen LogP contribution in [0.5, 0.6) is 5.75 Å². The molecule has 0 saturated carbocycles. The number of nitrogens with zero attached hydrogens (tertiary/aromatic N) is 1. The molecule has 4 nitrogen and oxygen atoms in total. The van der Waals surface area contributed by atoms with Gasteiger partial charge in [-0.25, -0.2) is 0 Å². The van der Waals surface area contributed by atoms with Crippen molar-refractivity contribution in [3.05, 3.63) is 36.4 Å². The fraction of sp³-hybridized carbons (Fsp3) is 0.294. The molecule has 22 heavy (non-hydrogen) atoms. The first kappa shape index (κ1) is 14.9. The maximum Gasteiger partial charge on any atom is 0.227 e. The van der Waals surface area contributed by atoms with Crippen LogP contribution in [-0.4, -0.2) is 28.4 Å². The van der Waals surface area contributed by atoms with Gasteiger partial charge in [0.25, 0.3) is 0 Å². The van der Waals surface area contributed by atoms with Crippen LogP contribution in [-0.2, 0) is 9.59 Å². The summed E-state index contributed by atoms with van der Waals surface area (Å²) in [5.74, 6) is 1.15. The number of anilines is 1. The van der Waals surface area contributed by atoms with Crippen LogP contribution in [0.25, 0.3) is 10.8 Å². The highest BCUT2D eigenvalue weighted by molar-refractivity contribution is 8.13. The zero-order valence-corrected chi connectivity index (χ0v) is 13.1. The molecule has 0 aliphatic carbocycles. The Bertz CT molecular complexity index is 744. The molecule has 1 fully saturated rings. The Balaban J connectivity index is 1.90. The Morgan fingerprint density at radius 3 is 2.77 bits per heavy atom. The number of phenolic OH excluding ortho intramolecular Hbond substituents is 1. The van der Waals surface area contributed by atoms with Gasteiger partial charge in [-0.1, -0.05) is 36.0 Å². The van der Waals surface area contributed by atoms with Crippen LogP contribution >= 0.6 is 11.8 Å². The molecule has 2 aromatic carbocycles. The molecule has 114 valence electrons. The van der Waals surface area contributed by atoms with Gasteiger partial charge in [-0.2, -0.15) is 0 Å². The van der Waals surface area contributed by atoms with Crippen LogP contribution in [0, 0.1) is 5.92 Å². The van der Waals surface area contributed by atoms with Crippen molar-refractivity contribution in [2.75, 3.05) is 17.2 Å². The topological polar surface area (TPSA) is 57.6 Å². The Kier molecular flexibility index (Phi) is 4.07. The molecule has 1 heterocycles. The second kappa shape index (κ2) is 6.01. The van der Waals surface area contributed by atoms with Gasteiger partial charge >= 0.3 is 0 Å². The average Bonchev–Trinajstić information content (AvgIpc) is 2.86. The Morgan fingerprint density at radius 1 is 1.27 bits per heavy atom. The smallest absolute Gasteiger partial charge is 0.227 e. The second-order valence-corrected chi connectivity index (χ2v) is 6.72. The summed E-state index contributed by atoms with van der Waals surface area (Å²) in [6.07, 6.45) is 0.468. The first-order chi connectivity index (χ1) is 10.6. The van der Waals surface area contributed by atoms with E-state index >= 15 is 0 Å². The number of amides is 1. The van der Waals surface area contributed by atoms with Gasteiger partial charge in [0.05, 0.1) is 5.69 Å². The SMILES string of the molecule is CC(=O)SCC1CC(=O)N(c2cccc3c(O)cccc23)C1.